The second-order valence-electron chi connectivity index (χ2n) is 2.56. The summed E-state index contributed by atoms with van der Waals surface area (Å²) in [4.78, 5) is 7.69. The third-order valence-corrected chi connectivity index (χ3v) is 2.69. The van der Waals surface area contributed by atoms with E-state index in [9.17, 15) is 4.39 Å². The van der Waals surface area contributed by atoms with Gasteiger partial charge in [-0.15, -0.1) is 0 Å². The summed E-state index contributed by atoms with van der Waals surface area (Å²) >= 11 is 14.4. The van der Waals surface area contributed by atoms with Gasteiger partial charge in [0.1, 0.15) is 5.52 Å². The number of halogens is 4. The van der Waals surface area contributed by atoms with Crippen LogP contribution in [-0.4, -0.2) is 9.97 Å². The minimum Gasteiger partial charge on any atom is -0.231 e. The van der Waals surface area contributed by atoms with E-state index in [-0.39, 0.29) is 15.8 Å². The molecule has 0 saturated carbocycles. The highest BCUT2D eigenvalue weighted by molar-refractivity contribution is 9.10. The van der Waals surface area contributed by atoms with Gasteiger partial charge in [0.2, 0.25) is 0 Å². The van der Waals surface area contributed by atoms with Crippen molar-refractivity contribution < 1.29 is 4.39 Å². The number of rotatable bonds is 0. The van der Waals surface area contributed by atoms with E-state index < -0.39 is 5.82 Å². The molecule has 0 unspecified atom stereocenters. The highest BCUT2D eigenvalue weighted by Gasteiger charge is 2.09. The van der Waals surface area contributed by atoms with Crippen molar-refractivity contribution in [1.82, 2.24) is 9.97 Å². The van der Waals surface area contributed by atoms with Crippen molar-refractivity contribution in [3.05, 3.63) is 32.7 Å². The zero-order valence-electron chi connectivity index (χ0n) is 6.56. The van der Waals surface area contributed by atoms with Crippen LogP contribution in [0, 0.1) is 5.82 Å². The van der Waals surface area contributed by atoms with Gasteiger partial charge < -0.3 is 0 Å². The van der Waals surface area contributed by atoms with Gasteiger partial charge in [0, 0.05) is 4.47 Å². The Kier molecular flexibility index (Phi) is 2.60. The van der Waals surface area contributed by atoms with E-state index >= 15 is 0 Å². The number of benzene rings is 1. The Hall–Kier alpha value is -0.450. The summed E-state index contributed by atoms with van der Waals surface area (Å²) in [5, 5.41) is 0.0667. The molecule has 0 fully saturated rings. The van der Waals surface area contributed by atoms with Gasteiger partial charge in [-0.1, -0.05) is 39.1 Å². The van der Waals surface area contributed by atoms with Gasteiger partial charge in [0.15, 0.2) is 16.1 Å². The lowest BCUT2D eigenvalue weighted by atomic mass is 10.3. The molecule has 1 aromatic heterocycles. The smallest absolute Gasteiger partial charge is 0.167 e. The molecule has 0 aliphatic heterocycles. The molecule has 0 saturated heterocycles. The highest BCUT2D eigenvalue weighted by atomic mass is 79.9. The van der Waals surface area contributed by atoms with Crippen molar-refractivity contribution in [3.8, 4) is 0 Å². The number of nitrogens with zero attached hydrogens (tertiary/aromatic N) is 2. The van der Waals surface area contributed by atoms with Crippen LogP contribution in [0.3, 0.4) is 0 Å². The maximum absolute atomic E-state index is 13.3. The Morgan fingerprint density at radius 3 is 2.50 bits per heavy atom. The quantitative estimate of drug-likeness (QED) is 0.738. The minimum absolute atomic E-state index is 0.000360. The predicted molar refractivity (Wildman–Crippen MR) is 57.2 cm³/mol. The molecule has 2 aromatic rings. The molecule has 0 atom stereocenters. The van der Waals surface area contributed by atoms with Crippen LogP contribution >= 0.6 is 39.1 Å². The molecule has 2 rings (SSSR count). The summed E-state index contributed by atoms with van der Waals surface area (Å²) in [5.74, 6) is -0.486. The number of aromatic nitrogens is 2. The first-order chi connectivity index (χ1) is 6.58. The van der Waals surface area contributed by atoms with E-state index in [1.54, 1.807) is 6.07 Å². The minimum atomic E-state index is -0.486. The van der Waals surface area contributed by atoms with Crippen LogP contribution < -0.4 is 0 Å². The molecule has 1 aromatic carbocycles. The second kappa shape index (κ2) is 3.61. The van der Waals surface area contributed by atoms with Crippen molar-refractivity contribution in [2.24, 2.45) is 0 Å². The first-order valence-corrected chi connectivity index (χ1v) is 5.10. The fraction of sp³-hybridized carbons (Fsp3) is 0. The lowest BCUT2D eigenvalue weighted by molar-refractivity contribution is 0.635. The molecule has 0 spiro atoms. The third kappa shape index (κ3) is 1.69. The molecule has 0 aliphatic carbocycles. The second-order valence-corrected chi connectivity index (χ2v) is 4.19. The van der Waals surface area contributed by atoms with Gasteiger partial charge >= 0.3 is 0 Å². The van der Waals surface area contributed by atoms with Crippen molar-refractivity contribution in [1.29, 1.82) is 0 Å². The Bertz CT molecular complexity index is 518. The molecule has 14 heavy (non-hydrogen) atoms. The van der Waals surface area contributed by atoms with Gasteiger partial charge in [0.05, 0.1) is 5.52 Å². The summed E-state index contributed by atoms with van der Waals surface area (Å²) in [7, 11) is 0. The largest absolute Gasteiger partial charge is 0.231 e. The van der Waals surface area contributed by atoms with Gasteiger partial charge in [-0.2, -0.15) is 0 Å². The van der Waals surface area contributed by atoms with E-state index in [4.69, 9.17) is 23.2 Å². The molecular weight excluding hydrogens is 294 g/mol. The summed E-state index contributed by atoms with van der Waals surface area (Å²) < 4.78 is 13.9. The van der Waals surface area contributed by atoms with Crippen LogP contribution in [-0.2, 0) is 0 Å². The first-order valence-electron chi connectivity index (χ1n) is 3.56. The van der Waals surface area contributed by atoms with Crippen LogP contribution in [0.1, 0.15) is 0 Å². The summed E-state index contributed by atoms with van der Waals surface area (Å²) in [6, 6.07) is 2.91. The van der Waals surface area contributed by atoms with Crippen LogP contribution in [0.2, 0.25) is 10.3 Å². The van der Waals surface area contributed by atoms with Crippen molar-refractivity contribution >= 4 is 50.2 Å². The van der Waals surface area contributed by atoms with Crippen molar-refractivity contribution in [3.63, 3.8) is 0 Å². The molecule has 72 valence electrons. The molecule has 0 bridgehead atoms. The maximum atomic E-state index is 13.3. The lowest BCUT2D eigenvalue weighted by Crippen LogP contribution is -1.90. The van der Waals surface area contributed by atoms with Gasteiger partial charge in [-0.05, 0) is 12.1 Å². The molecule has 0 N–H and O–H groups in total. The van der Waals surface area contributed by atoms with E-state index in [0.29, 0.717) is 9.99 Å². The summed E-state index contributed by atoms with van der Waals surface area (Å²) in [6.45, 7) is 0. The monoisotopic (exact) mass is 294 g/mol. The van der Waals surface area contributed by atoms with Crippen molar-refractivity contribution in [2.45, 2.75) is 0 Å². The average molecular weight is 296 g/mol. The van der Waals surface area contributed by atoms with Gasteiger partial charge in [-0.25, -0.2) is 14.4 Å². The molecule has 0 amide bonds. The molecule has 0 radical (unpaired) electrons. The van der Waals surface area contributed by atoms with Gasteiger partial charge in [-0.3, -0.25) is 0 Å². The van der Waals surface area contributed by atoms with Crippen LogP contribution in [0.25, 0.3) is 11.0 Å². The molecule has 6 heteroatoms. The van der Waals surface area contributed by atoms with Gasteiger partial charge in [0.25, 0.3) is 0 Å². The highest BCUT2D eigenvalue weighted by Crippen LogP contribution is 2.25. The zero-order chi connectivity index (χ0) is 10.3. The predicted octanol–water partition coefficient (Wildman–Crippen LogP) is 3.84. The fourth-order valence-corrected chi connectivity index (χ4v) is 1.72. The van der Waals surface area contributed by atoms with E-state index in [2.05, 4.69) is 25.9 Å². The fourth-order valence-electron chi connectivity index (χ4n) is 1.04. The third-order valence-electron chi connectivity index (χ3n) is 1.61. The molecule has 1 heterocycles. The summed E-state index contributed by atoms with van der Waals surface area (Å²) in [6.07, 6.45) is 0. The Morgan fingerprint density at radius 2 is 1.79 bits per heavy atom. The Morgan fingerprint density at radius 1 is 1.14 bits per heavy atom. The van der Waals surface area contributed by atoms with Crippen LogP contribution in [0.5, 0.6) is 0 Å². The topological polar surface area (TPSA) is 25.8 Å². The number of hydrogen-bond donors (Lipinski definition) is 0. The molecular formula is C8H2BrCl2FN2. The Balaban J connectivity index is 2.89. The first kappa shape index (κ1) is 10.1. The number of hydrogen-bond acceptors (Lipinski definition) is 2. The molecule has 2 nitrogen and oxygen atoms in total. The Labute approximate surface area is 97.2 Å². The summed E-state index contributed by atoms with van der Waals surface area (Å²) in [5.41, 5.74) is 0.480. The molecule has 0 aliphatic rings. The van der Waals surface area contributed by atoms with Crippen molar-refractivity contribution in [2.75, 3.05) is 0 Å². The zero-order valence-corrected chi connectivity index (χ0v) is 9.66. The maximum Gasteiger partial charge on any atom is 0.167 e. The number of fused-ring (bicyclic) bond motifs is 1. The standard InChI is InChI=1S/C8H2BrCl2FN2/c9-3-1-4(12)6-5(2-3)13-7(10)8(11)14-6/h1-2H. The van der Waals surface area contributed by atoms with Crippen LogP contribution in [0.15, 0.2) is 16.6 Å². The van der Waals surface area contributed by atoms with E-state index in [1.165, 1.54) is 6.07 Å². The van der Waals surface area contributed by atoms with E-state index in [0.717, 1.165) is 0 Å². The normalized spacial score (nSPS) is 10.9. The average Bonchev–Trinajstić information content (AvgIpc) is 2.08. The SMILES string of the molecule is Fc1cc(Br)cc2nc(Cl)c(Cl)nc12. The van der Waals surface area contributed by atoms with Crippen LogP contribution in [0.4, 0.5) is 4.39 Å². The lowest BCUT2D eigenvalue weighted by Gasteiger charge is -2.01. The van der Waals surface area contributed by atoms with E-state index in [1.807, 2.05) is 0 Å².